The first kappa shape index (κ1) is 32.1. The van der Waals surface area contributed by atoms with Crippen LogP contribution in [-0.2, 0) is 32.2 Å². The van der Waals surface area contributed by atoms with Crippen molar-refractivity contribution in [1.29, 1.82) is 0 Å². The molecule has 0 saturated carbocycles. The molecule has 0 spiro atoms. The number of carboxylic acid groups (broad SMARTS) is 1. The Labute approximate surface area is 246 Å². The normalized spacial score (nSPS) is 12.2. The van der Waals surface area contributed by atoms with Gasteiger partial charge in [-0.2, -0.15) is 0 Å². The van der Waals surface area contributed by atoms with Gasteiger partial charge in [0.2, 0.25) is 12.3 Å². The Balaban J connectivity index is 1.59. The van der Waals surface area contributed by atoms with E-state index in [9.17, 15) is 19.2 Å². The Morgan fingerprint density at radius 3 is 2.33 bits per heavy atom. The van der Waals surface area contributed by atoms with E-state index in [2.05, 4.69) is 17.6 Å². The van der Waals surface area contributed by atoms with Crippen molar-refractivity contribution in [2.24, 2.45) is 5.92 Å². The number of benzene rings is 2. The quantitative estimate of drug-likeness (QED) is 0.0842. The molecule has 1 heterocycles. The SMILES string of the molecule is CCCCCC(C(=O)NCNC(=O)c1ccc(-c2ccc(CC(=O)O)cc2)o1)[C@@H](CC)N(C=O)OCc1ccccc1. The lowest BCUT2D eigenvalue weighted by Crippen LogP contribution is -2.48. The fourth-order valence-electron chi connectivity index (χ4n) is 4.69. The molecule has 3 amide bonds. The molecule has 0 saturated heterocycles. The van der Waals surface area contributed by atoms with Crippen molar-refractivity contribution < 1.29 is 33.5 Å². The van der Waals surface area contributed by atoms with Gasteiger partial charge in [-0.1, -0.05) is 87.7 Å². The van der Waals surface area contributed by atoms with Crippen LogP contribution in [0.25, 0.3) is 11.3 Å². The van der Waals surface area contributed by atoms with Gasteiger partial charge in [-0.15, -0.1) is 0 Å². The van der Waals surface area contributed by atoms with Gasteiger partial charge in [0.05, 0.1) is 25.0 Å². The van der Waals surface area contributed by atoms with Gasteiger partial charge in [0.1, 0.15) is 12.4 Å². The summed E-state index contributed by atoms with van der Waals surface area (Å²) in [6, 6.07) is 19.0. The Morgan fingerprint density at radius 1 is 0.952 bits per heavy atom. The lowest BCUT2D eigenvalue weighted by Gasteiger charge is -2.32. The summed E-state index contributed by atoms with van der Waals surface area (Å²) >= 11 is 0. The van der Waals surface area contributed by atoms with Crippen LogP contribution < -0.4 is 10.6 Å². The molecule has 3 rings (SSSR count). The number of nitrogens with one attached hydrogen (secondary N) is 2. The maximum Gasteiger partial charge on any atom is 0.307 e. The maximum atomic E-state index is 13.3. The number of carbonyl (C=O) groups is 4. The number of aliphatic carboxylic acids is 1. The number of furan rings is 1. The first-order valence-corrected chi connectivity index (χ1v) is 14.2. The van der Waals surface area contributed by atoms with Gasteiger partial charge in [0.25, 0.3) is 5.91 Å². The van der Waals surface area contributed by atoms with Gasteiger partial charge in [-0.05, 0) is 36.1 Å². The van der Waals surface area contributed by atoms with E-state index < -0.39 is 23.8 Å². The molecule has 0 bridgehead atoms. The molecule has 3 N–H and O–H groups in total. The molecule has 3 aromatic rings. The number of unbranched alkanes of at least 4 members (excludes halogenated alkanes) is 2. The van der Waals surface area contributed by atoms with E-state index in [1.54, 1.807) is 30.3 Å². The highest BCUT2D eigenvalue weighted by Gasteiger charge is 2.32. The van der Waals surface area contributed by atoms with Crippen LogP contribution in [0.5, 0.6) is 0 Å². The van der Waals surface area contributed by atoms with Crippen LogP contribution in [0.1, 0.15) is 67.6 Å². The lowest BCUT2D eigenvalue weighted by atomic mass is 9.90. The number of hydrogen-bond acceptors (Lipinski definition) is 6. The number of carbonyl (C=O) groups excluding carboxylic acids is 3. The minimum Gasteiger partial charge on any atom is -0.481 e. The third kappa shape index (κ3) is 9.59. The van der Waals surface area contributed by atoms with Crippen molar-refractivity contribution in [3.05, 3.63) is 83.6 Å². The minimum absolute atomic E-state index is 0.0706. The van der Waals surface area contributed by atoms with Crippen molar-refractivity contribution in [2.45, 2.75) is 65.0 Å². The molecule has 10 heteroatoms. The summed E-state index contributed by atoms with van der Waals surface area (Å²) < 4.78 is 5.68. The molecule has 0 radical (unpaired) electrons. The molecule has 2 aromatic carbocycles. The number of hydroxylamine groups is 2. The van der Waals surface area contributed by atoms with E-state index in [0.717, 1.165) is 24.8 Å². The number of carboxylic acids is 1. The van der Waals surface area contributed by atoms with Gasteiger partial charge >= 0.3 is 5.97 Å². The van der Waals surface area contributed by atoms with Gasteiger partial charge < -0.3 is 20.2 Å². The average molecular weight is 578 g/mol. The van der Waals surface area contributed by atoms with Gasteiger partial charge in [0.15, 0.2) is 5.76 Å². The van der Waals surface area contributed by atoms with Crippen LogP contribution in [0.4, 0.5) is 0 Å². The Hall–Kier alpha value is -4.44. The fourth-order valence-corrected chi connectivity index (χ4v) is 4.69. The van der Waals surface area contributed by atoms with Crippen LogP contribution in [0.15, 0.2) is 71.1 Å². The summed E-state index contributed by atoms with van der Waals surface area (Å²) in [5, 5.41) is 15.6. The van der Waals surface area contributed by atoms with Crippen LogP contribution in [0.2, 0.25) is 0 Å². The highest BCUT2D eigenvalue weighted by molar-refractivity contribution is 5.92. The van der Waals surface area contributed by atoms with E-state index in [1.807, 2.05) is 37.3 Å². The standard InChI is InChI=1S/C32H39N3O7/c1-3-5-7-12-26(27(4-2)35(22-36)41-20-24-10-8-6-9-11-24)31(39)33-21-34-32(40)29-18-17-28(42-29)25-15-13-23(14-16-25)19-30(37)38/h6,8-11,13-18,22,26-27H,3-5,7,12,19-21H2,1-2H3,(H,33,39)(H,34,40)(H,37,38)/t26?,27-/m1/s1. The average Bonchev–Trinajstić information content (AvgIpc) is 3.49. The van der Waals surface area contributed by atoms with Crippen molar-refractivity contribution in [1.82, 2.24) is 15.7 Å². The summed E-state index contributed by atoms with van der Waals surface area (Å²) in [5.41, 5.74) is 2.26. The monoisotopic (exact) mass is 577 g/mol. The first-order valence-electron chi connectivity index (χ1n) is 14.2. The third-order valence-corrected chi connectivity index (χ3v) is 6.93. The second-order valence-corrected chi connectivity index (χ2v) is 9.96. The number of rotatable bonds is 18. The predicted molar refractivity (Wildman–Crippen MR) is 157 cm³/mol. The first-order chi connectivity index (χ1) is 20.4. The second-order valence-electron chi connectivity index (χ2n) is 9.96. The highest BCUT2D eigenvalue weighted by atomic mass is 16.7. The second kappa shape index (κ2) is 16.7. The molecule has 1 unspecified atom stereocenters. The van der Waals surface area contributed by atoms with E-state index >= 15 is 0 Å². The Bertz CT molecular complexity index is 1290. The minimum atomic E-state index is -0.915. The molecule has 1 aromatic heterocycles. The van der Waals surface area contributed by atoms with Gasteiger partial charge in [0, 0.05) is 5.56 Å². The molecule has 42 heavy (non-hydrogen) atoms. The predicted octanol–water partition coefficient (Wildman–Crippen LogP) is 4.94. The van der Waals surface area contributed by atoms with E-state index in [-0.39, 0.29) is 31.4 Å². The summed E-state index contributed by atoms with van der Waals surface area (Å²) in [5.74, 6) is -1.70. The molecule has 224 valence electrons. The summed E-state index contributed by atoms with van der Waals surface area (Å²) in [4.78, 5) is 54.7. The lowest BCUT2D eigenvalue weighted by molar-refractivity contribution is -0.200. The zero-order valence-electron chi connectivity index (χ0n) is 24.1. The van der Waals surface area contributed by atoms with Gasteiger partial charge in [-0.25, -0.2) is 5.06 Å². The van der Waals surface area contributed by atoms with E-state index in [1.165, 1.54) is 11.1 Å². The van der Waals surface area contributed by atoms with Crippen LogP contribution in [-0.4, -0.2) is 47.1 Å². The maximum absolute atomic E-state index is 13.3. The Kier molecular flexibility index (Phi) is 12.8. The number of amides is 3. The van der Waals surface area contributed by atoms with Gasteiger partial charge in [-0.3, -0.25) is 24.0 Å². The Morgan fingerprint density at radius 2 is 1.69 bits per heavy atom. The largest absolute Gasteiger partial charge is 0.481 e. The molecule has 0 aliphatic heterocycles. The number of hydrogen-bond donors (Lipinski definition) is 3. The topological polar surface area (TPSA) is 138 Å². The van der Waals surface area contributed by atoms with Crippen molar-refractivity contribution in [3.63, 3.8) is 0 Å². The summed E-state index contributed by atoms with van der Waals surface area (Å²) in [7, 11) is 0. The molecule has 0 aliphatic rings. The summed E-state index contributed by atoms with van der Waals surface area (Å²) in [6.45, 7) is 4.07. The van der Waals surface area contributed by atoms with E-state index in [4.69, 9.17) is 14.4 Å². The van der Waals surface area contributed by atoms with Crippen molar-refractivity contribution >= 4 is 24.2 Å². The molecular formula is C32H39N3O7. The van der Waals surface area contributed by atoms with Crippen LogP contribution in [0, 0.1) is 5.92 Å². The smallest absolute Gasteiger partial charge is 0.307 e. The molecule has 0 aliphatic carbocycles. The molecule has 2 atom stereocenters. The van der Waals surface area contributed by atoms with Crippen LogP contribution >= 0.6 is 0 Å². The van der Waals surface area contributed by atoms with Crippen molar-refractivity contribution in [3.8, 4) is 11.3 Å². The van der Waals surface area contributed by atoms with Crippen molar-refractivity contribution in [2.75, 3.05) is 6.67 Å². The molecular weight excluding hydrogens is 538 g/mol. The van der Waals surface area contributed by atoms with Crippen LogP contribution in [0.3, 0.4) is 0 Å². The highest BCUT2D eigenvalue weighted by Crippen LogP contribution is 2.24. The third-order valence-electron chi connectivity index (χ3n) is 6.93. The number of nitrogens with zero attached hydrogens (tertiary/aromatic N) is 1. The molecule has 10 nitrogen and oxygen atoms in total. The fraction of sp³-hybridized carbons (Fsp3) is 0.375. The zero-order chi connectivity index (χ0) is 30.3. The zero-order valence-corrected chi connectivity index (χ0v) is 24.1. The molecule has 0 fully saturated rings. The van der Waals surface area contributed by atoms with E-state index in [0.29, 0.717) is 36.1 Å². The summed E-state index contributed by atoms with van der Waals surface area (Å²) in [6.07, 6.45) is 4.37.